The molecule has 0 radical (unpaired) electrons. The summed E-state index contributed by atoms with van der Waals surface area (Å²) in [6.45, 7) is 2.26. The van der Waals surface area contributed by atoms with Gasteiger partial charge in [0.15, 0.2) is 0 Å². The minimum Gasteiger partial charge on any atom is -0.207 e. The first-order chi connectivity index (χ1) is 13.7. The zero-order valence-corrected chi connectivity index (χ0v) is 16.9. The van der Waals surface area contributed by atoms with Crippen molar-refractivity contribution in [3.8, 4) is 0 Å². The minimum absolute atomic E-state index is 0.176. The molecule has 0 aliphatic carbocycles. The maximum atomic E-state index is 13.6. The van der Waals surface area contributed by atoms with Crippen LogP contribution in [0.1, 0.15) is 38.2 Å². The van der Waals surface area contributed by atoms with E-state index >= 15 is 0 Å². The third-order valence-corrected chi connectivity index (χ3v) is 6.85. The molecule has 0 aliphatic rings. The lowest BCUT2D eigenvalue weighted by molar-refractivity contribution is 0.630. The Balaban J connectivity index is 1.60. The molecule has 0 nitrogen and oxygen atoms in total. The van der Waals surface area contributed by atoms with Gasteiger partial charge in [0.2, 0.25) is 0 Å². The third-order valence-electron chi connectivity index (χ3n) is 5.73. The summed E-state index contributed by atoms with van der Waals surface area (Å²) in [5.74, 6) is -0.176. The van der Waals surface area contributed by atoms with Crippen molar-refractivity contribution >= 4 is 53.1 Å². The standard InChI is InChI=1S/C26H23FS/c1-2-3-4-5-6-17-7-8-18-13-23-24-14-19-9-10-22(27)12-21(19)16-26(24)28-25(23)15-20(18)11-17/h7-16H,2-6H2,1H3. The van der Waals surface area contributed by atoms with Gasteiger partial charge >= 0.3 is 0 Å². The zero-order chi connectivity index (χ0) is 19.1. The number of rotatable bonds is 5. The van der Waals surface area contributed by atoms with Crippen molar-refractivity contribution in [3.63, 3.8) is 0 Å². The first-order valence-electron chi connectivity index (χ1n) is 10.2. The van der Waals surface area contributed by atoms with Crippen molar-refractivity contribution in [3.05, 3.63) is 72.0 Å². The second-order valence-corrected chi connectivity index (χ2v) is 8.87. The summed E-state index contributed by atoms with van der Waals surface area (Å²) in [5, 5.41) is 7.25. The van der Waals surface area contributed by atoms with Crippen LogP contribution in [-0.2, 0) is 6.42 Å². The van der Waals surface area contributed by atoms with E-state index in [1.54, 1.807) is 23.5 Å². The van der Waals surface area contributed by atoms with E-state index in [2.05, 4.69) is 49.4 Å². The first kappa shape index (κ1) is 17.6. The Morgan fingerprint density at radius 2 is 1.36 bits per heavy atom. The highest BCUT2D eigenvalue weighted by Crippen LogP contribution is 2.38. The fourth-order valence-electron chi connectivity index (χ4n) is 4.19. The molecule has 0 atom stereocenters. The molecule has 0 N–H and O–H groups in total. The lowest BCUT2D eigenvalue weighted by Gasteiger charge is -2.05. The van der Waals surface area contributed by atoms with Crippen molar-refractivity contribution in [1.82, 2.24) is 0 Å². The van der Waals surface area contributed by atoms with Crippen molar-refractivity contribution in [2.45, 2.75) is 39.0 Å². The molecule has 0 saturated heterocycles. The zero-order valence-electron chi connectivity index (χ0n) is 16.1. The largest absolute Gasteiger partial charge is 0.207 e. The molecule has 1 aromatic heterocycles. The summed E-state index contributed by atoms with van der Waals surface area (Å²) in [6, 6.07) is 20.9. The second-order valence-electron chi connectivity index (χ2n) is 7.78. The number of unbranched alkanes of at least 4 members (excludes halogenated alkanes) is 3. The summed E-state index contributed by atoms with van der Waals surface area (Å²) in [7, 11) is 0. The highest BCUT2D eigenvalue weighted by atomic mass is 32.1. The number of hydrogen-bond donors (Lipinski definition) is 0. The van der Waals surface area contributed by atoms with Gasteiger partial charge in [0.05, 0.1) is 0 Å². The summed E-state index contributed by atoms with van der Waals surface area (Å²) in [5.41, 5.74) is 1.44. The Morgan fingerprint density at radius 3 is 2.07 bits per heavy atom. The van der Waals surface area contributed by atoms with E-state index in [0.717, 1.165) is 17.2 Å². The number of benzene rings is 4. The Morgan fingerprint density at radius 1 is 0.679 bits per heavy atom. The molecule has 0 bridgehead atoms. The van der Waals surface area contributed by atoms with Crippen LogP contribution in [0, 0.1) is 5.82 Å². The molecule has 0 aliphatic heterocycles. The van der Waals surface area contributed by atoms with Crippen molar-refractivity contribution in [1.29, 1.82) is 0 Å². The average molecular weight is 387 g/mol. The summed E-state index contributed by atoms with van der Waals surface area (Å²) in [4.78, 5) is 0. The van der Waals surface area contributed by atoms with E-state index in [0.29, 0.717) is 0 Å². The van der Waals surface area contributed by atoms with Gasteiger partial charge in [0.1, 0.15) is 5.82 Å². The van der Waals surface area contributed by atoms with E-state index in [1.807, 2.05) is 6.07 Å². The number of hydrogen-bond acceptors (Lipinski definition) is 1. The first-order valence-corrected chi connectivity index (χ1v) is 11.0. The van der Waals surface area contributed by atoms with Crippen LogP contribution in [-0.4, -0.2) is 0 Å². The van der Waals surface area contributed by atoms with Crippen molar-refractivity contribution in [2.24, 2.45) is 0 Å². The fraction of sp³-hybridized carbons (Fsp3) is 0.231. The van der Waals surface area contributed by atoms with E-state index in [9.17, 15) is 4.39 Å². The molecule has 0 saturated carbocycles. The van der Waals surface area contributed by atoms with E-state index in [4.69, 9.17) is 0 Å². The molecule has 0 amide bonds. The van der Waals surface area contributed by atoms with Crippen LogP contribution in [0.2, 0.25) is 0 Å². The molecule has 2 heteroatoms. The topological polar surface area (TPSA) is 0 Å². The van der Waals surface area contributed by atoms with Gasteiger partial charge < -0.3 is 0 Å². The fourth-order valence-corrected chi connectivity index (χ4v) is 5.36. The third kappa shape index (κ3) is 3.16. The van der Waals surface area contributed by atoms with Crippen molar-refractivity contribution in [2.75, 3.05) is 0 Å². The Kier molecular flexibility index (Phi) is 4.52. The van der Waals surface area contributed by atoms with Gasteiger partial charge in [-0.1, -0.05) is 50.5 Å². The lowest BCUT2D eigenvalue weighted by atomic mass is 10.00. The van der Waals surface area contributed by atoms with Crippen LogP contribution in [0.25, 0.3) is 41.7 Å². The van der Waals surface area contributed by atoms with Crippen LogP contribution in [0.15, 0.2) is 60.7 Å². The minimum atomic E-state index is -0.176. The molecular weight excluding hydrogens is 363 g/mol. The molecule has 28 heavy (non-hydrogen) atoms. The molecule has 1 heterocycles. The molecule has 0 unspecified atom stereocenters. The monoisotopic (exact) mass is 386 g/mol. The van der Waals surface area contributed by atoms with Gasteiger partial charge in [0, 0.05) is 20.2 Å². The van der Waals surface area contributed by atoms with Crippen LogP contribution < -0.4 is 0 Å². The Hall–Kier alpha value is -2.45. The van der Waals surface area contributed by atoms with Gasteiger partial charge in [-0.15, -0.1) is 11.3 Å². The number of fused-ring (bicyclic) bond motifs is 5. The summed E-state index contributed by atoms with van der Waals surface area (Å²) in [6.07, 6.45) is 6.36. The average Bonchev–Trinajstić information content (AvgIpc) is 3.03. The molecular formula is C26H23FS. The van der Waals surface area contributed by atoms with Crippen molar-refractivity contribution < 1.29 is 4.39 Å². The Bertz CT molecular complexity index is 1310. The quantitative estimate of drug-likeness (QED) is 0.265. The molecule has 0 fully saturated rings. The highest BCUT2D eigenvalue weighted by Gasteiger charge is 2.09. The number of aryl methyl sites for hydroxylation is 1. The normalized spacial score (nSPS) is 11.9. The second kappa shape index (κ2) is 7.18. The summed E-state index contributed by atoms with van der Waals surface area (Å²) < 4.78 is 16.1. The maximum absolute atomic E-state index is 13.6. The predicted molar refractivity (Wildman–Crippen MR) is 122 cm³/mol. The van der Waals surface area contributed by atoms with Crippen LogP contribution in [0.4, 0.5) is 4.39 Å². The molecule has 4 aromatic carbocycles. The molecule has 140 valence electrons. The van der Waals surface area contributed by atoms with Crippen LogP contribution in [0.5, 0.6) is 0 Å². The van der Waals surface area contributed by atoms with E-state index in [-0.39, 0.29) is 5.82 Å². The molecule has 0 spiro atoms. The van der Waals surface area contributed by atoms with Gasteiger partial charge in [-0.3, -0.25) is 0 Å². The van der Waals surface area contributed by atoms with Gasteiger partial charge in [-0.2, -0.15) is 0 Å². The SMILES string of the molecule is CCCCCCc1ccc2cc3c(cc2c1)sc1cc2cc(F)ccc2cc13. The van der Waals surface area contributed by atoms with E-state index < -0.39 is 0 Å². The number of halogens is 1. The van der Waals surface area contributed by atoms with Crippen LogP contribution >= 0.6 is 11.3 Å². The Labute approximate surface area is 168 Å². The number of thiophene rings is 1. The van der Waals surface area contributed by atoms with Gasteiger partial charge in [0.25, 0.3) is 0 Å². The van der Waals surface area contributed by atoms with E-state index in [1.165, 1.54) is 62.2 Å². The van der Waals surface area contributed by atoms with Gasteiger partial charge in [-0.05, 0) is 76.3 Å². The lowest BCUT2D eigenvalue weighted by Crippen LogP contribution is -1.86. The van der Waals surface area contributed by atoms with Crippen LogP contribution in [0.3, 0.4) is 0 Å². The molecule has 5 aromatic rings. The van der Waals surface area contributed by atoms with Gasteiger partial charge in [-0.25, -0.2) is 4.39 Å². The summed E-state index contributed by atoms with van der Waals surface area (Å²) >= 11 is 1.81. The smallest absolute Gasteiger partial charge is 0.123 e. The highest BCUT2D eigenvalue weighted by molar-refractivity contribution is 7.26. The predicted octanol–water partition coefficient (Wildman–Crippen LogP) is 8.62. The maximum Gasteiger partial charge on any atom is 0.123 e. The molecule has 5 rings (SSSR count).